The molecular formula is C14H26F2N2O2. The van der Waals surface area contributed by atoms with Crippen molar-refractivity contribution in [2.75, 3.05) is 19.6 Å². The molecule has 118 valence electrons. The molecule has 0 radical (unpaired) electrons. The largest absolute Gasteiger partial charge is 0.460 e. The van der Waals surface area contributed by atoms with Gasteiger partial charge in [0.1, 0.15) is 5.60 Å². The number of esters is 1. The summed E-state index contributed by atoms with van der Waals surface area (Å²) in [6.07, 6.45) is 0.606. The van der Waals surface area contributed by atoms with Crippen LogP contribution in [-0.2, 0) is 9.53 Å². The first-order valence-corrected chi connectivity index (χ1v) is 7.15. The van der Waals surface area contributed by atoms with Gasteiger partial charge in [0.25, 0.3) is 5.92 Å². The highest BCUT2D eigenvalue weighted by Gasteiger charge is 2.33. The predicted octanol–water partition coefficient (Wildman–Crippen LogP) is 2.17. The summed E-state index contributed by atoms with van der Waals surface area (Å²) in [5.41, 5.74) is 5.38. The number of rotatable bonds is 5. The molecule has 1 aliphatic rings. The van der Waals surface area contributed by atoms with Crippen LogP contribution in [0.3, 0.4) is 0 Å². The van der Waals surface area contributed by atoms with Crippen molar-refractivity contribution in [2.45, 2.75) is 64.0 Å². The maximum atomic E-state index is 13.0. The smallest absolute Gasteiger partial charge is 0.307 e. The lowest BCUT2D eigenvalue weighted by atomic mass is 10.1. The molecule has 0 bridgehead atoms. The second-order valence-electron chi connectivity index (χ2n) is 6.54. The molecule has 1 rings (SSSR count). The Kier molecular flexibility index (Phi) is 5.89. The number of nitrogens with two attached hydrogens (primary N) is 1. The average molecular weight is 292 g/mol. The SMILES string of the molecule is CC(C)(C)OC(=O)CC(N)CCN1CCC(F)(F)CC1. The number of carbonyl (C=O) groups is 1. The Balaban J connectivity index is 2.20. The minimum atomic E-state index is -2.52. The van der Waals surface area contributed by atoms with E-state index in [1.807, 2.05) is 25.7 Å². The molecule has 0 aromatic rings. The van der Waals surface area contributed by atoms with Gasteiger partial charge in [0.05, 0.1) is 6.42 Å². The third-order valence-corrected chi connectivity index (χ3v) is 3.25. The van der Waals surface area contributed by atoms with Crippen molar-refractivity contribution in [1.82, 2.24) is 4.90 Å². The van der Waals surface area contributed by atoms with Crippen LogP contribution in [0.25, 0.3) is 0 Å². The summed E-state index contributed by atoms with van der Waals surface area (Å²) < 4.78 is 31.2. The molecule has 4 nitrogen and oxygen atoms in total. The van der Waals surface area contributed by atoms with Crippen LogP contribution >= 0.6 is 0 Å². The van der Waals surface area contributed by atoms with E-state index in [0.29, 0.717) is 26.1 Å². The van der Waals surface area contributed by atoms with E-state index >= 15 is 0 Å². The van der Waals surface area contributed by atoms with E-state index in [-0.39, 0.29) is 31.3 Å². The minimum Gasteiger partial charge on any atom is -0.460 e. The quantitative estimate of drug-likeness (QED) is 0.789. The zero-order valence-electron chi connectivity index (χ0n) is 12.6. The van der Waals surface area contributed by atoms with Gasteiger partial charge in [-0.1, -0.05) is 0 Å². The lowest BCUT2D eigenvalue weighted by Gasteiger charge is -2.32. The summed E-state index contributed by atoms with van der Waals surface area (Å²) in [6.45, 7) is 6.87. The number of carbonyl (C=O) groups excluding carboxylic acids is 1. The number of likely N-dealkylation sites (tertiary alicyclic amines) is 1. The predicted molar refractivity (Wildman–Crippen MR) is 73.7 cm³/mol. The van der Waals surface area contributed by atoms with E-state index in [9.17, 15) is 13.6 Å². The molecule has 6 heteroatoms. The standard InChI is InChI=1S/C14H26F2N2O2/c1-13(2,3)20-12(19)10-11(17)4-7-18-8-5-14(15,16)6-9-18/h11H,4-10,17H2,1-3H3. The maximum absolute atomic E-state index is 13.0. The molecule has 0 spiro atoms. The Bertz CT molecular complexity index is 320. The number of hydrogen-bond donors (Lipinski definition) is 1. The fraction of sp³-hybridized carbons (Fsp3) is 0.929. The molecule has 1 heterocycles. The summed E-state index contributed by atoms with van der Waals surface area (Å²) in [5.74, 6) is -2.83. The molecule has 0 aliphatic carbocycles. The van der Waals surface area contributed by atoms with Gasteiger partial charge in [-0.05, 0) is 33.7 Å². The lowest BCUT2D eigenvalue weighted by Crippen LogP contribution is -2.41. The Hall–Kier alpha value is -0.750. The lowest BCUT2D eigenvalue weighted by molar-refractivity contribution is -0.155. The van der Waals surface area contributed by atoms with Crippen molar-refractivity contribution < 1.29 is 18.3 Å². The van der Waals surface area contributed by atoms with Gasteiger partial charge in [0.2, 0.25) is 0 Å². The third-order valence-electron chi connectivity index (χ3n) is 3.25. The molecule has 0 amide bonds. The van der Waals surface area contributed by atoms with Crippen molar-refractivity contribution >= 4 is 5.97 Å². The highest BCUT2D eigenvalue weighted by Crippen LogP contribution is 2.27. The van der Waals surface area contributed by atoms with Crippen molar-refractivity contribution in [2.24, 2.45) is 5.73 Å². The highest BCUT2D eigenvalue weighted by atomic mass is 19.3. The first kappa shape index (κ1) is 17.3. The van der Waals surface area contributed by atoms with E-state index < -0.39 is 11.5 Å². The normalized spacial score (nSPS) is 21.5. The van der Waals surface area contributed by atoms with Crippen LogP contribution in [0.1, 0.15) is 46.5 Å². The van der Waals surface area contributed by atoms with Crippen molar-refractivity contribution in [1.29, 1.82) is 0 Å². The molecule has 1 aliphatic heterocycles. The molecule has 1 saturated heterocycles. The molecule has 1 unspecified atom stereocenters. The minimum absolute atomic E-state index is 0.0890. The first-order chi connectivity index (χ1) is 9.07. The Morgan fingerprint density at radius 2 is 1.90 bits per heavy atom. The van der Waals surface area contributed by atoms with Gasteiger partial charge in [0, 0.05) is 32.0 Å². The van der Waals surface area contributed by atoms with Crippen molar-refractivity contribution in [3.8, 4) is 0 Å². The summed E-state index contributed by atoms with van der Waals surface area (Å²) >= 11 is 0. The number of nitrogens with zero attached hydrogens (tertiary/aromatic N) is 1. The van der Waals surface area contributed by atoms with E-state index in [4.69, 9.17) is 10.5 Å². The number of hydrogen-bond acceptors (Lipinski definition) is 4. The number of halogens is 2. The Morgan fingerprint density at radius 1 is 1.35 bits per heavy atom. The number of piperidine rings is 1. The van der Waals surface area contributed by atoms with Gasteiger partial charge in [-0.3, -0.25) is 4.79 Å². The molecule has 1 fully saturated rings. The van der Waals surface area contributed by atoms with Crippen LogP contribution in [0, 0.1) is 0 Å². The van der Waals surface area contributed by atoms with E-state index in [0.717, 1.165) is 0 Å². The fourth-order valence-corrected chi connectivity index (χ4v) is 2.15. The zero-order valence-corrected chi connectivity index (χ0v) is 12.6. The van der Waals surface area contributed by atoms with Crippen LogP contribution in [0.5, 0.6) is 0 Å². The van der Waals surface area contributed by atoms with Crippen LogP contribution in [0.2, 0.25) is 0 Å². The van der Waals surface area contributed by atoms with E-state index in [1.54, 1.807) is 0 Å². The zero-order chi connectivity index (χ0) is 15.4. The second kappa shape index (κ2) is 6.80. The summed E-state index contributed by atoms with van der Waals surface area (Å²) in [6, 6.07) is -0.285. The molecular weight excluding hydrogens is 266 g/mol. The maximum Gasteiger partial charge on any atom is 0.307 e. The molecule has 0 aromatic heterocycles. The monoisotopic (exact) mass is 292 g/mol. The van der Waals surface area contributed by atoms with Crippen LogP contribution in [0.15, 0.2) is 0 Å². The van der Waals surface area contributed by atoms with E-state index in [2.05, 4.69) is 0 Å². The second-order valence-corrected chi connectivity index (χ2v) is 6.54. The van der Waals surface area contributed by atoms with Gasteiger partial charge in [0.15, 0.2) is 0 Å². The molecule has 20 heavy (non-hydrogen) atoms. The summed E-state index contributed by atoms with van der Waals surface area (Å²) in [7, 11) is 0. The van der Waals surface area contributed by atoms with Gasteiger partial charge >= 0.3 is 5.97 Å². The van der Waals surface area contributed by atoms with Crippen LogP contribution in [0.4, 0.5) is 8.78 Å². The number of ether oxygens (including phenoxy) is 1. The highest BCUT2D eigenvalue weighted by molar-refractivity contribution is 5.70. The molecule has 0 aromatic carbocycles. The Morgan fingerprint density at radius 3 is 2.40 bits per heavy atom. The topological polar surface area (TPSA) is 55.6 Å². The van der Waals surface area contributed by atoms with Gasteiger partial charge < -0.3 is 15.4 Å². The van der Waals surface area contributed by atoms with Gasteiger partial charge in [-0.15, -0.1) is 0 Å². The molecule has 1 atom stereocenters. The molecule has 2 N–H and O–H groups in total. The van der Waals surface area contributed by atoms with Gasteiger partial charge in [-0.25, -0.2) is 8.78 Å². The van der Waals surface area contributed by atoms with E-state index in [1.165, 1.54) is 0 Å². The molecule has 0 saturated carbocycles. The van der Waals surface area contributed by atoms with Crippen LogP contribution < -0.4 is 5.73 Å². The van der Waals surface area contributed by atoms with Crippen molar-refractivity contribution in [3.05, 3.63) is 0 Å². The summed E-state index contributed by atoms with van der Waals surface area (Å²) in [5, 5.41) is 0. The van der Waals surface area contributed by atoms with Crippen LogP contribution in [-0.4, -0.2) is 48.1 Å². The van der Waals surface area contributed by atoms with Gasteiger partial charge in [-0.2, -0.15) is 0 Å². The third kappa shape index (κ3) is 7.14. The first-order valence-electron chi connectivity index (χ1n) is 7.15. The average Bonchev–Trinajstić information content (AvgIpc) is 2.24. The summed E-state index contributed by atoms with van der Waals surface area (Å²) in [4.78, 5) is 13.6. The Labute approximate surface area is 119 Å². The fourth-order valence-electron chi connectivity index (χ4n) is 2.15. The number of alkyl halides is 2. The van der Waals surface area contributed by atoms with Crippen molar-refractivity contribution in [3.63, 3.8) is 0 Å².